The third kappa shape index (κ3) is 2.77. The summed E-state index contributed by atoms with van der Waals surface area (Å²) in [5, 5.41) is 3.22. The number of carbonyl (C=O) groups excluding carboxylic acids is 1. The highest BCUT2D eigenvalue weighted by Crippen LogP contribution is 2.39. The van der Waals surface area contributed by atoms with Crippen molar-refractivity contribution >= 4 is 44.8 Å². The minimum atomic E-state index is -0.199. The lowest BCUT2D eigenvalue weighted by molar-refractivity contribution is 0.0951. The van der Waals surface area contributed by atoms with Crippen LogP contribution < -0.4 is 14.8 Å². The molecule has 0 saturated carbocycles. The number of amides is 1. The first-order valence-electron chi connectivity index (χ1n) is 5.75. The van der Waals surface area contributed by atoms with Gasteiger partial charge in [-0.2, -0.15) is 0 Å². The van der Waals surface area contributed by atoms with Crippen LogP contribution in [0.25, 0.3) is 0 Å². The molecule has 1 aromatic heterocycles. The molecule has 3 rings (SSSR count). The Bertz CT molecular complexity index is 674. The third-order valence-corrected chi connectivity index (χ3v) is 4.65. The smallest absolute Gasteiger partial charge is 0.251 e. The maximum absolute atomic E-state index is 12.1. The van der Waals surface area contributed by atoms with Crippen LogP contribution in [0.1, 0.15) is 15.2 Å². The van der Waals surface area contributed by atoms with E-state index in [9.17, 15) is 4.79 Å². The van der Waals surface area contributed by atoms with E-state index in [4.69, 9.17) is 21.1 Å². The van der Waals surface area contributed by atoms with Crippen molar-refractivity contribution in [3.8, 4) is 11.5 Å². The van der Waals surface area contributed by atoms with Gasteiger partial charge < -0.3 is 14.8 Å². The molecular formula is C13H9BrClNO3S. The molecule has 2 aromatic rings. The van der Waals surface area contributed by atoms with Crippen LogP contribution in [-0.4, -0.2) is 12.7 Å². The molecule has 2 heterocycles. The van der Waals surface area contributed by atoms with Gasteiger partial charge in [-0.1, -0.05) is 11.6 Å². The highest BCUT2D eigenvalue weighted by molar-refractivity contribution is 9.11. The zero-order valence-corrected chi connectivity index (χ0v) is 13.3. The zero-order valence-electron chi connectivity index (χ0n) is 10.1. The molecule has 0 unspecified atom stereocenters. The summed E-state index contributed by atoms with van der Waals surface area (Å²) in [6.45, 7) is 0.602. The van der Waals surface area contributed by atoms with Crippen molar-refractivity contribution in [2.45, 2.75) is 6.54 Å². The summed E-state index contributed by atoms with van der Waals surface area (Å²) in [5.74, 6) is 0.793. The second kappa shape index (κ2) is 5.63. The molecule has 7 heteroatoms. The summed E-state index contributed by atoms with van der Waals surface area (Å²) in [6, 6.07) is 7.12. The Hall–Kier alpha value is -1.24. The maximum atomic E-state index is 12.1. The van der Waals surface area contributed by atoms with Crippen molar-refractivity contribution in [3.05, 3.63) is 43.5 Å². The summed E-state index contributed by atoms with van der Waals surface area (Å²) in [7, 11) is 0. The Kier molecular flexibility index (Phi) is 3.87. The monoisotopic (exact) mass is 373 g/mol. The van der Waals surface area contributed by atoms with E-state index in [-0.39, 0.29) is 12.7 Å². The number of thiophene rings is 1. The van der Waals surface area contributed by atoms with E-state index >= 15 is 0 Å². The molecule has 1 aliphatic heterocycles. The number of carbonyl (C=O) groups is 1. The molecule has 1 aromatic carbocycles. The minimum absolute atomic E-state index is 0.128. The molecule has 0 saturated heterocycles. The van der Waals surface area contributed by atoms with Gasteiger partial charge in [-0.25, -0.2) is 0 Å². The molecule has 0 radical (unpaired) electrons. The molecule has 1 aliphatic rings. The maximum Gasteiger partial charge on any atom is 0.251 e. The Morgan fingerprint density at radius 1 is 1.40 bits per heavy atom. The van der Waals surface area contributed by atoms with Gasteiger partial charge in [0.2, 0.25) is 6.79 Å². The van der Waals surface area contributed by atoms with Gasteiger partial charge in [-0.3, -0.25) is 4.79 Å². The van der Waals surface area contributed by atoms with Crippen molar-refractivity contribution in [2.24, 2.45) is 0 Å². The van der Waals surface area contributed by atoms with Crippen molar-refractivity contribution < 1.29 is 14.3 Å². The van der Waals surface area contributed by atoms with Gasteiger partial charge >= 0.3 is 0 Å². The quantitative estimate of drug-likeness (QED) is 0.888. The van der Waals surface area contributed by atoms with E-state index < -0.39 is 0 Å². The second-order valence-corrected chi connectivity index (χ2v) is 7.04. The molecular weight excluding hydrogens is 366 g/mol. The highest BCUT2D eigenvalue weighted by atomic mass is 79.9. The number of rotatable bonds is 3. The number of nitrogens with one attached hydrogen (secondary N) is 1. The number of halogens is 2. The van der Waals surface area contributed by atoms with E-state index in [1.807, 2.05) is 12.1 Å². The molecule has 1 N–H and O–H groups in total. The average Bonchev–Trinajstić information content (AvgIpc) is 3.04. The molecule has 0 spiro atoms. The van der Waals surface area contributed by atoms with Gasteiger partial charge in [0.15, 0.2) is 11.5 Å². The van der Waals surface area contributed by atoms with Gasteiger partial charge in [0.1, 0.15) is 0 Å². The number of fused-ring (bicyclic) bond motifs is 1. The van der Waals surface area contributed by atoms with Gasteiger partial charge in [0.25, 0.3) is 5.91 Å². The van der Waals surface area contributed by atoms with Crippen LogP contribution >= 0.6 is 38.9 Å². The van der Waals surface area contributed by atoms with Crippen LogP contribution in [0.15, 0.2) is 28.1 Å². The van der Waals surface area contributed by atoms with Crippen LogP contribution in [0.4, 0.5) is 0 Å². The summed E-state index contributed by atoms with van der Waals surface area (Å²) in [4.78, 5) is 13.2. The number of ether oxygens (including phenoxy) is 2. The Morgan fingerprint density at radius 3 is 3.00 bits per heavy atom. The first kappa shape index (κ1) is 13.7. The fourth-order valence-electron chi connectivity index (χ4n) is 1.81. The molecule has 0 aliphatic carbocycles. The molecule has 0 atom stereocenters. The zero-order chi connectivity index (χ0) is 14.1. The van der Waals surface area contributed by atoms with Crippen LogP contribution in [0.5, 0.6) is 11.5 Å². The molecule has 20 heavy (non-hydrogen) atoms. The molecule has 1 amide bonds. The fraction of sp³-hybridized carbons (Fsp3) is 0.154. The van der Waals surface area contributed by atoms with Gasteiger partial charge in [-0.15, -0.1) is 11.3 Å². The SMILES string of the molecule is O=C(NCc1ccc(Br)s1)c1cc(Cl)c2c(c1)OCO2. The van der Waals surface area contributed by atoms with E-state index in [1.165, 1.54) is 0 Å². The molecule has 0 fully saturated rings. The topological polar surface area (TPSA) is 47.6 Å². The fourth-order valence-corrected chi connectivity index (χ4v) is 3.50. The lowest BCUT2D eigenvalue weighted by atomic mass is 10.2. The minimum Gasteiger partial charge on any atom is -0.454 e. The first-order valence-corrected chi connectivity index (χ1v) is 7.74. The summed E-state index contributed by atoms with van der Waals surface area (Å²) < 4.78 is 11.5. The van der Waals surface area contributed by atoms with Crippen molar-refractivity contribution in [2.75, 3.05) is 6.79 Å². The summed E-state index contributed by atoms with van der Waals surface area (Å²) in [6.07, 6.45) is 0. The summed E-state index contributed by atoms with van der Waals surface area (Å²) in [5.41, 5.74) is 0.454. The predicted octanol–water partition coefficient (Wildman–Crippen LogP) is 3.82. The molecule has 4 nitrogen and oxygen atoms in total. The molecule has 104 valence electrons. The number of hydrogen-bond donors (Lipinski definition) is 1. The Morgan fingerprint density at radius 2 is 2.25 bits per heavy atom. The number of hydrogen-bond acceptors (Lipinski definition) is 4. The van der Waals surface area contributed by atoms with Crippen molar-refractivity contribution in [1.82, 2.24) is 5.32 Å². The molecule has 0 bridgehead atoms. The summed E-state index contributed by atoms with van der Waals surface area (Å²) >= 11 is 11.0. The Labute approximate surface area is 132 Å². The van der Waals surface area contributed by atoms with Gasteiger partial charge in [0, 0.05) is 10.4 Å². The van der Waals surface area contributed by atoms with Gasteiger partial charge in [0.05, 0.1) is 15.4 Å². The van der Waals surface area contributed by atoms with Gasteiger partial charge in [-0.05, 0) is 40.2 Å². The predicted molar refractivity (Wildman–Crippen MR) is 80.8 cm³/mol. The first-order chi connectivity index (χ1) is 9.63. The van der Waals surface area contributed by atoms with E-state index in [1.54, 1.807) is 23.5 Å². The van der Waals surface area contributed by atoms with E-state index in [0.29, 0.717) is 28.6 Å². The standard InChI is InChI=1S/C13H9BrClNO3S/c14-11-2-1-8(20-11)5-16-13(17)7-3-9(15)12-10(4-7)18-6-19-12/h1-4H,5-6H2,(H,16,17). The normalized spacial score (nSPS) is 12.5. The third-order valence-electron chi connectivity index (χ3n) is 2.74. The van der Waals surface area contributed by atoms with Crippen LogP contribution in [0, 0.1) is 0 Å². The number of benzene rings is 1. The van der Waals surface area contributed by atoms with Crippen molar-refractivity contribution in [1.29, 1.82) is 0 Å². The van der Waals surface area contributed by atoms with Crippen LogP contribution in [0.2, 0.25) is 5.02 Å². The second-order valence-electron chi connectivity index (χ2n) is 4.08. The van der Waals surface area contributed by atoms with Crippen molar-refractivity contribution in [3.63, 3.8) is 0 Å². The van der Waals surface area contributed by atoms with E-state index in [2.05, 4.69) is 21.2 Å². The van der Waals surface area contributed by atoms with Crippen LogP contribution in [0.3, 0.4) is 0 Å². The average molecular weight is 375 g/mol. The van der Waals surface area contributed by atoms with Crippen LogP contribution in [-0.2, 0) is 6.54 Å². The lowest BCUT2D eigenvalue weighted by Crippen LogP contribution is -2.22. The Balaban J connectivity index is 1.73. The van der Waals surface area contributed by atoms with E-state index in [0.717, 1.165) is 8.66 Å². The largest absolute Gasteiger partial charge is 0.454 e. The lowest BCUT2D eigenvalue weighted by Gasteiger charge is -2.06. The highest BCUT2D eigenvalue weighted by Gasteiger charge is 2.20.